The Bertz CT molecular complexity index is 201. The molecule has 0 heterocycles. The lowest BCUT2D eigenvalue weighted by Gasteiger charge is -1.96. The SMILES string of the molecule is C/C=C\Oc1ccccc1. The summed E-state index contributed by atoms with van der Waals surface area (Å²) >= 11 is 0. The van der Waals surface area contributed by atoms with Crippen molar-refractivity contribution in [3.63, 3.8) is 0 Å². The quantitative estimate of drug-likeness (QED) is 0.565. The molecule has 1 rings (SSSR count). The number of hydrogen-bond acceptors (Lipinski definition) is 1. The topological polar surface area (TPSA) is 9.23 Å². The van der Waals surface area contributed by atoms with Gasteiger partial charge < -0.3 is 4.74 Å². The van der Waals surface area contributed by atoms with Gasteiger partial charge in [0.15, 0.2) is 0 Å². The highest BCUT2D eigenvalue weighted by Crippen LogP contribution is 2.07. The van der Waals surface area contributed by atoms with E-state index in [1.807, 2.05) is 43.3 Å². The molecule has 0 aromatic heterocycles. The predicted molar refractivity (Wildman–Crippen MR) is 41.9 cm³/mol. The molecule has 10 heavy (non-hydrogen) atoms. The molecular formula is C9H10O. The number of rotatable bonds is 2. The number of hydrogen-bond donors (Lipinski definition) is 0. The standard InChI is InChI=1S/C9H10O/c1-2-8-10-9-6-4-3-5-7-9/h2-8H,1H3/b8-2-. The average Bonchev–Trinajstić information content (AvgIpc) is 2.03. The van der Waals surface area contributed by atoms with Crippen LogP contribution in [0.15, 0.2) is 42.7 Å². The van der Waals surface area contributed by atoms with Crippen LogP contribution < -0.4 is 4.74 Å². The summed E-state index contributed by atoms with van der Waals surface area (Å²) in [6.07, 6.45) is 3.52. The van der Waals surface area contributed by atoms with Crippen molar-refractivity contribution >= 4 is 0 Å². The fourth-order valence-electron chi connectivity index (χ4n) is 0.646. The molecule has 0 N–H and O–H groups in total. The molecule has 0 bridgehead atoms. The summed E-state index contributed by atoms with van der Waals surface area (Å²) in [5.74, 6) is 0.876. The van der Waals surface area contributed by atoms with Crippen molar-refractivity contribution in [3.8, 4) is 5.75 Å². The van der Waals surface area contributed by atoms with Crippen LogP contribution in [0.3, 0.4) is 0 Å². The molecule has 52 valence electrons. The van der Waals surface area contributed by atoms with Gasteiger partial charge in [-0.25, -0.2) is 0 Å². The Morgan fingerprint density at radius 2 is 1.90 bits per heavy atom. The second-order valence-electron chi connectivity index (χ2n) is 1.90. The minimum Gasteiger partial charge on any atom is -0.465 e. The molecule has 0 radical (unpaired) electrons. The van der Waals surface area contributed by atoms with Crippen LogP contribution in [0, 0.1) is 0 Å². The van der Waals surface area contributed by atoms with Crippen LogP contribution in [0.25, 0.3) is 0 Å². The fraction of sp³-hybridized carbons (Fsp3) is 0.111. The van der Waals surface area contributed by atoms with E-state index in [4.69, 9.17) is 4.74 Å². The van der Waals surface area contributed by atoms with Gasteiger partial charge in [0.1, 0.15) is 5.75 Å². The van der Waals surface area contributed by atoms with Crippen LogP contribution >= 0.6 is 0 Å². The van der Waals surface area contributed by atoms with Gasteiger partial charge in [-0.15, -0.1) is 0 Å². The first kappa shape index (κ1) is 6.87. The van der Waals surface area contributed by atoms with Crippen LogP contribution in [0.4, 0.5) is 0 Å². The molecule has 0 amide bonds. The molecule has 1 heteroatoms. The van der Waals surface area contributed by atoms with E-state index in [1.54, 1.807) is 6.26 Å². The molecular weight excluding hydrogens is 124 g/mol. The Morgan fingerprint density at radius 1 is 1.20 bits per heavy atom. The van der Waals surface area contributed by atoms with Crippen molar-refractivity contribution in [2.45, 2.75) is 6.92 Å². The van der Waals surface area contributed by atoms with Crippen molar-refractivity contribution in [2.75, 3.05) is 0 Å². The van der Waals surface area contributed by atoms with Crippen LogP contribution in [0.5, 0.6) is 5.75 Å². The third-order valence-electron chi connectivity index (χ3n) is 1.08. The van der Waals surface area contributed by atoms with Gasteiger partial charge in [0, 0.05) is 0 Å². The van der Waals surface area contributed by atoms with Gasteiger partial charge in [0.25, 0.3) is 0 Å². The van der Waals surface area contributed by atoms with Crippen molar-refractivity contribution in [3.05, 3.63) is 42.7 Å². The number of para-hydroxylation sites is 1. The molecule has 0 aliphatic heterocycles. The normalized spacial score (nSPS) is 10.1. The van der Waals surface area contributed by atoms with Crippen molar-refractivity contribution < 1.29 is 4.74 Å². The Kier molecular flexibility index (Phi) is 2.56. The first-order chi connectivity index (χ1) is 4.93. The Hall–Kier alpha value is -1.24. The highest BCUT2D eigenvalue weighted by Gasteiger charge is 1.83. The summed E-state index contributed by atoms with van der Waals surface area (Å²) in [4.78, 5) is 0. The Labute approximate surface area is 61.0 Å². The number of ether oxygens (including phenoxy) is 1. The molecule has 0 fully saturated rings. The van der Waals surface area contributed by atoms with Crippen LogP contribution in [-0.2, 0) is 0 Å². The van der Waals surface area contributed by atoms with Gasteiger partial charge in [0.2, 0.25) is 0 Å². The maximum Gasteiger partial charge on any atom is 0.126 e. The summed E-state index contributed by atoms with van der Waals surface area (Å²) in [5, 5.41) is 0. The maximum atomic E-state index is 5.17. The summed E-state index contributed by atoms with van der Waals surface area (Å²) in [7, 11) is 0. The van der Waals surface area contributed by atoms with E-state index < -0.39 is 0 Å². The second kappa shape index (κ2) is 3.72. The van der Waals surface area contributed by atoms with E-state index in [2.05, 4.69) is 0 Å². The minimum atomic E-state index is 0.876. The molecule has 1 aromatic carbocycles. The van der Waals surface area contributed by atoms with Crippen LogP contribution in [-0.4, -0.2) is 0 Å². The average molecular weight is 134 g/mol. The predicted octanol–water partition coefficient (Wildman–Crippen LogP) is 2.60. The monoisotopic (exact) mass is 134 g/mol. The van der Waals surface area contributed by atoms with E-state index in [0.29, 0.717) is 0 Å². The third kappa shape index (κ3) is 1.94. The van der Waals surface area contributed by atoms with Crippen LogP contribution in [0.1, 0.15) is 6.92 Å². The molecule has 0 saturated heterocycles. The highest BCUT2D eigenvalue weighted by molar-refractivity contribution is 5.21. The molecule has 0 aliphatic rings. The van der Waals surface area contributed by atoms with Crippen molar-refractivity contribution in [2.24, 2.45) is 0 Å². The fourth-order valence-corrected chi connectivity index (χ4v) is 0.646. The van der Waals surface area contributed by atoms with E-state index in [-0.39, 0.29) is 0 Å². The van der Waals surface area contributed by atoms with Crippen molar-refractivity contribution in [1.82, 2.24) is 0 Å². The summed E-state index contributed by atoms with van der Waals surface area (Å²) in [6.45, 7) is 1.92. The summed E-state index contributed by atoms with van der Waals surface area (Å²) in [6, 6.07) is 9.68. The zero-order valence-electron chi connectivity index (χ0n) is 5.95. The number of allylic oxidation sites excluding steroid dienone is 1. The Morgan fingerprint density at radius 3 is 2.50 bits per heavy atom. The largest absolute Gasteiger partial charge is 0.465 e. The molecule has 0 saturated carbocycles. The number of benzene rings is 1. The first-order valence-electron chi connectivity index (χ1n) is 3.26. The zero-order valence-corrected chi connectivity index (χ0v) is 5.95. The second-order valence-corrected chi connectivity index (χ2v) is 1.90. The molecule has 0 spiro atoms. The summed E-state index contributed by atoms with van der Waals surface area (Å²) < 4.78 is 5.17. The molecule has 0 aliphatic carbocycles. The smallest absolute Gasteiger partial charge is 0.126 e. The highest BCUT2D eigenvalue weighted by atomic mass is 16.5. The Balaban J connectivity index is 2.59. The molecule has 0 unspecified atom stereocenters. The van der Waals surface area contributed by atoms with Gasteiger partial charge >= 0.3 is 0 Å². The molecule has 1 nitrogen and oxygen atoms in total. The van der Waals surface area contributed by atoms with Gasteiger partial charge in [0.05, 0.1) is 6.26 Å². The van der Waals surface area contributed by atoms with Gasteiger partial charge in [-0.1, -0.05) is 24.3 Å². The van der Waals surface area contributed by atoms with Gasteiger partial charge in [-0.2, -0.15) is 0 Å². The minimum absolute atomic E-state index is 0.876. The lowest BCUT2D eigenvalue weighted by atomic mass is 10.3. The van der Waals surface area contributed by atoms with E-state index in [9.17, 15) is 0 Å². The molecule has 0 atom stereocenters. The zero-order chi connectivity index (χ0) is 7.23. The van der Waals surface area contributed by atoms with Gasteiger partial charge in [-0.3, -0.25) is 0 Å². The molecule has 1 aromatic rings. The summed E-state index contributed by atoms with van der Waals surface area (Å²) in [5.41, 5.74) is 0. The van der Waals surface area contributed by atoms with Crippen LogP contribution in [0.2, 0.25) is 0 Å². The maximum absolute atomic E-state index is 5.17. The first-order valence-corrected chi connectivity index (χ1v) is 3.26. The lowest BCUT2D eigenvalue weighted by molar-refractivity contribution is 0.480. The van der Waals surface area contributed by atoms with E-state index >= 15 is 0 Å². The van der Waals surface area contributed by atoms with E-state index in [0.717, 1.165) is 5.75 Å². The van der Waals surface area contributed by atoms with Gasteiger partial charge in [-0.05, 0) is 19.1 Å². The lowest BCUT2D eigenvalue weighted by Crippen LogP contribution is -1.78. The van der Waals surface area contributed by atoms with E-state index in [1.165, 1.54) is 0 Å². The van der Waals surface area contributed by atoms with Crippen molar-refractivity contribution in [1.29, 1.82) is 0 Å². The third-order valence-corrected chi connectivity index (χ3v) is 1.08.